The second kappa shape index (κ2) is 10.1. The van der Waals surface area contributed by atoms with Gasteiger partial charge >= 0.3 is 5.97 Å². The number of carbonyl (C=O) groups excluding carboxylic acids is 2. The zero-order valence-corrected chi connectivity index (χ0v) is 20.2. The maximum atomic E-state index is 12.8. The number of aliphatic hydroxyl groups is 1. The summed E-state index contributed by atoms with van der Waals surface area (Å²) < 4.78 is 5.86. The van der Waals surface area contributed by atoms with E-state index in [4.69, 9.17) is 4.74 Å². The third-order valence-electron chi connectivity index (χ3n) is 4.61. The molecule has 1 amide bonds. The molecule has 1 fully saturated rings. The van der Waals surface area contributed by atoms with E-state index in [1.165, 1.54) is 18.7 Å². The van der Waals surface area contributed by atoms with Gasteiger partial charge < -0.3 is 14.9 Å². The smallest absolute Gasteiger partial charge is 0.357 e. The lowest BCUT2D eigenvalue weighted by Crippen LogP contribution is -2.63. The van der Waals surface area contributed by atoms with Gasteiger partial charge in [-0.15, -0.1) is 11.8 Å². The number of thioether (sulfide) groups is 2. The van der Waals surface area contributed by atoms with Crippen molar-refractivity contribution >= 4 is 40.5 Å². The number of β-lactam (4-membered cyclic amide) rings is 1. The van der Waals surface area contributed by atoms with Crippen LogP contribution < -0.4 is 4.74 Å². The second-order valence-electron chi connectivity index (χ2n) is 8.32. The average Bonchev–Trinajstić information content (AvgIpc) is 2.65. The summed E-state index contributed by atoms with van der Waals surface area (Å²) >= 11 is 2.03. The van der Waals surface area contributed by atoms with Crippen LogP contribution in [0.4, 0.5) is 0 Å². The summed E-state index contributed by atoms with van der Waals surface area (Å²) in [7, 11) is 0. The van der Waals surface area contributed by atoms with Crippen molar-refractivity contribution in [3.05, 3.63) is 40.6 Å². The van der Waals surface area contributed by atoms with Crippen LogP contribution in [0.25, 0.3) is 0 Å². The molecule has 9 heteroatoms. The van der Waals surface area contributed by atoms with Crippen molar-refractivity contribution in [2.24, 2.45) is 11.3 Å². The number of amides is 1. The molecule has 0 bridgehead atoms. The van der Waals surface area contributed by atoms with E-state index in [9.17, 15) is 24.6 Å². The van der Waals surface area contributed by atoms with Crippen molar-refractivity contribution in [1.29, 1.82) is 0 Å². The Labute approximate surface area is 191 Å². The van der Waals surface area contributed by atoms with E-state index in [1.54, 1.807) is 45.0 Å². The van der Waals surface area contributed by atoms with Gasteiger partial charge in [-0.1, -0.05) is 45.4 Å². The Morgan fingerprint density at radius 1 is 1.23 bits per heavy atom. The summed E-state index contributed by atoms with van der Waals surface area (Å²) in [6.45, 7) is 10.5. The van der Waals surface area contributed by atoms with Gasteiger partial charge in [0, 0.05) is 5.41 Å². The van der Waals surface area contributed by atoms with E-state index in [0.717, 1.165) is 10.5 Å². The summed E-state index contributed by atoms with van der Waals surface area (Å²) in [6.07, 6.45) is -0.923. The number of hydrogen-bond acceptors (Lipinski definition) is 7. The normalized spacial score (nSPS) is 20.6. The summed E-state index contributed by atoms with van der Waals surface area (Å²) in [5.74, 6) is -1.63. The first-order chi connectivity index (χ1) is 14.4. The van der Waals surface area contributed by atoms with Crippen LogP contribution in [-0.2, 0) is 14.4 Å². The lowest BCUT2D eigenvalue weighted by atomic mass is 9.92. The molecule has 1 aromatic carbocycles. The van der Waals surface area contributed by atoms with Gasteiger partial charge in [0.25, 0.3) is 0 Å². The lowest BCUT2D eigenvalue weighted by Gasteiger charge is -2.47. The number of rotatable bonds is 8. The minimum atomic E-state index is -1.38. The molecule has 3 atom stereocenters. The molecule has 0 spiro atoms. The molecular weight excluding hydrogens is 438 g/mol. The molecule has 2 rings (SSSR count). The number of likely N-dealkylation sites (tertiary alicyclic amines) is 1. The van der Waals surface area contributed by atoms with Crippen molar-refractivity contribution < 1.29 is 29.3 Å². The molecule has 1 saturated heterocycles. The topological polar surface area (TPSA) is 104 Å². The fourth-order valence-corrected chi connectivity index (χ4v) is 5.02. The van der Waals surface area contributed by atoms with Gasteiger partial charge in [0.15, 0.2) is 10.8 Å². The van der Waals surface area contributed by atoms with E-state index in [0.29, 0.717) is 23.3 Å². The molecule has 31 heavy (non-hydrogen) atoms. The number of aliphatic carboxylic acids is 1. The maximum absolute atomic E-state index is 12.8. The lowest BCUT2D eigenvalue weighted by molar-refractivity contribution is -0.157. The van der Waals surface area contributed by atoms with E-state index in [2.05, 4.69) is 0 Å². The SMILES string of the molecule is CCS[C@@H]1[C@@H]([C@@H](C)O)C(=O)N1C(C(=O)O)=C(Oc1ccc(C)cc1)SC(=O)C(C)(C)C. The molecule has 1 heterocycles. The molecule has 1 aliphatic heterocycles. The quantitative estimate of drug-likeness (QED) is 0.337. The Hall–Kier alpha value is -1.97. The Morgan fingerprint density at radius 2 is 1.81 bits per heavy atom. The number of benzene rings is 1. The monoisotopic (exact) mass is 467 g/mol. The molecule has 0 radical (unpaired) electrons. The largest absolute Gasteiger partial charge is 0.476 e. The van der Waals surface area contributed by atoms with Crippen molar-refractivity contribution in [3.63, 3.8) is 0 Å². The first-order valence-corrected chi connectivity index (χ1v) is 11.8. The molecule has 0 unspecified atom stereocenters. The fourth-order valence-electron chi connectivity index (χ4n) is 2.87. The van der Waals surface area contributed by atoms with Gasteiger partial charge in [0.1, 0.15) is 5.75 Å². The highest BCUT2D eigenvalue weighted by Gasteiger charge is 2.54. The highest BCUT2D eigenvalue weighted by molar-refractivity contribution is 8.16. The number of aliphatic hydroxyl groups excluding tert-OH is 1. The molecule has 1 aromatic rings. The predicted molar refractivity (Wildman–Crippen MR) is 122 cm³/mol. The van der Waals surface area contributed by atoms with E-state index in [1.807, 2.05) is 13.8 Å². The van der Waals surface area contributed by atoms with Crippen molar-refractivity contribution in [2.45, 2.75) is 53.0 Å². The number of carboxylic acid groups (broad SMARTS) is 1. The van der Waals surface area contributed by atoms with Crippen molar-refractivity contribution in [1.82, 2.24) is 4.90 Å². The Kier molecular flexibility index (Phi) is 8.24. The van der Waals surface area contributed by atoms with Crippen LogP contribution in [0.1, 0.15) is 40.2 Å². The second-order valence-corrected chi connectivity index (χ2v) is 10.7. The molecule has 1 aliphatic rings. The van der Waals surface area contributed by atoms with E-state index >= 15 is 0 Å². The number of nitrogens with zero attached hydrogens (tertiary/aromatic N) is 1. The molecule has 2 N–H and O–H groups in total. The van der Waals surface area contributed by atoms with Gasteiger partial charge in [0.2, 0.25) is 11.0 Å². The van der Waals surface area contributed by atoms with E-state index in [-0.39, 0.29) is 10.2 Å². The molecule has 0 saturated carbocycles. The van der Waals surface area contributed by atoms with Crippen molar-refractivity contribution in [3.8, 4) is 5.75 Å². The Bertz CT molecular complexity index is 873. The summed E-state index contributed by atoms with van der Waals surface area (Å²) in [5.41, 5.74) is -0.155. The molecule has 0 aliphatic carbocycles. The number of carbonyl (C=O) groups is 3. The number of hydrogen-bond donors (Lipinski definition) is 2. The summed E-state index contributed by atoms with van der Waals surface area (Å²) in [4.78, 5) is 39.0. The predicted octanol–water partition coefficient (Wildman–Crippen LogP) is 3.85. The van der Waals surface area contributed by atoms with Gasteiger partial charge in [-0.2, -0.15) is 0 Å². The molecule has 7 nitrogen and oxygen atoms in total. The van der Waals surface area contributed by atoms with E-state index < -0.39 is 40.4 Å². The zero-order valence-electron chi connectivity index (χ0n) is 18.5. The Morgan fingerprint density at radius 3 is 2.26 bits per heavy atom. The average molecular weight is 468 g/mol. The number of carboxylic acids is 1. The maximum Gasteiger partial charge on any atom is 0.357 e. The highest BCUT2D eigenvalue weighted by atomic mass is 32.2. The fraction of sp³-hybridized carbons (Fsp3) is 0.500. The van der Waals surface area contributed by atoms with Crippen LogP contribution in [0, 0.1) is 18.3 Å². The van der Waals surface area contributed by atoms with Crippen LogP contribution >= 0.6 is 23.5 Å². The third-order valence-corrected chi connectivity index (χ3v) is 7.05. The van der Waals surface area contributed by atoms with Gasteiger partial charge in [-0.25, -0.2) is 4.79 Å². The minimum absolute atomic E-state index is 0.171. The highest BCUT2D eigenvalue weighted by Crippen LogP contribution is 2.43. The molecule has 0 aromatic heterocycles. The zero-order chi connectivity index (χ0) is 23.5. The minimum Gasteiger partial charge on any atom is -0.476 e. The standard InChI is InChI=1S/C22H29NO6S2/c1-7-30-18-15(13(3)24)17(25)23(18)16(19(26)27)20(31-21(28)22(4,5)6)29-14-10-8-12(2)9-11-14/h8-11,13,15,18,24H,7H2,1-6H3,(H,26,27)/t13-,15+,18-/m1/s1. The van der Waals surface area contributed by atoms with Gasteiger partial charge in [-0.05, 0) is 43.5 Å². The number of aryl methyl sites for hydroxylation is 1. The van der Waals surface area contributed by atoms with Crippen LogP contribution in [0.2, 0.25) is 0 Å². The number of ether oxygens (including phenoxy) is 1. The molecular formula is C22H29NO6S2. The van der Waals surface area contributed by atoms with Crippen molar-refractivity contribution in [2.75, 3.05) is 5.75 Å². The molecule has 170 valence electrons. The van der Waals surface area contributed by atoms with Crippen LogP contribution in [0.5, 0.6) is 5.75 Å². The summed E-state index contributed by atoms with van der Waals surface area (Å²) in [5, 5.41) is 19.0. The van der Waals surface area contributed by atoms with Crippen LogP contribution in [0.3, 0.4) is 0 Å². The van der Waals surface area contributed by atoms with Crippen LogP contribution in [0.15, 0.2) is 35.1 Å². The first kappa shape index (κ1) is 25.3. The van der Waals surface area contributed by atoms with Gasteiger partial charge in [0.05, 0.1) is 17.4 Å². The Balaban J connectivity index is 2.57. The summed E-state index contributed by atoms with van der Waals surface area (Å²) in [6, 6.07) is 6.95. The van der Waals surface area contributed by atoms with Gasteiger partial charge in [-0.3, -0.25) is 14.5 Å². The van der Waals surface area contributed by atoms with Crippen LogP contribution in [-0.4, -0.2) is 49.3 Å². The first-order valence-electron chi connectivity index (χ1n) is 9.95. The third kappa shape index (κ3) is 5.84.